The molecule has 1 heterocycles. The highest BCUT2D eigenvalue weighted by atomic mass is 32.1. The second kappa shape index (κ2) is 3.86. The van der Waals surface area contributed by atoms with Crippen molar-refractivity contribution in [1.29, 1.82) is 0 Å². The minimum atomic E-state index is -0.336. The highest BCUT2D eigenvalue weighted by Gasteiger charge is 2.12. The molecule has 0 spiro atoms. The maximum atomic E-state index is 12.7. The number of benzene rings is 1. The SMILES string of the molecule is NC(=S)c1nnn(-c2ccc(F)cc2)c1N. The fourth-order valence-electron chi connectivity index (χ4n) is 1.24. The van der Waals surface area contributed by atoms with E-state index >= 15 is 0 Å². The molecule has 0 unspecified atom stereocenters. The average molecular weight is 237 g/mol. The van der Waals surface area contributed by atoms with Crippen molar-refractivity contribution in [2.24, 2.45) is 5.73 Å². The summed E-state index contributed by atoms with van der Waals surface area (Å²) in [7, 11) is 0. The van der Waals surface area contributed by atoms with Gasteiger partial charge in [0.15, 0.2) is 11.5 Å². The standard InChI is InChI=1S/C9H8FN5S/c10-5-1-3-6(4-2-5)15-8(11)7(9(12)16)13-14-15/h1-4H,11H2,(H2,12,16). The van der Waals surface area contributed by atoms with E-state index in [2.05, 4.69) is 10.3 Å². The fourth-order valence-corrected chi connectivity index (χ4v) is 1.38. The van der Waals surface area contributed by atoms with Crippen LogP contribution in [0, 0.1) is 5.82 Å². The number of halogens is 1. The number of hydrogen-bond donors (Lipinski definition) is 2. The van der Waals surface area contributed by atoms with Gasteiger partial charge in [0.1, 0.15) is 10.8 Å². The molecule has 2 rings (SSSR count). The molecule has 7 heteroatoms. The lowest BCUT2D eigenvalue weighted by molar-refractivity contribution is 0.627. The number of thiocarbonyl (C=S) groups is 1. The predicted octanol–water partition coefficient (Wildman–Crippen LogP) is 0.623. The zero-order valence-electron chi connectivity index (χ0n) is 8.09. The molecule has 0 amide bonds. The van der Waals surface area contributed by atoms with Crippen LogP contribution in [0.1, 0.15) is 5.69 Å². The first-order valence-corrected chi connectivity index (χ1v) is 4.77. The molecule has 2 aromatic rings. The Morgan fingerprint density at radius 3 is 2.44 bits per heavy atom. The fraction of sp³-hybridized carbons (Fsp3) is 0. The van der Waals surface area contributed by atoms with Crippen molar-refractivity contribution in [2.45, 2.75) is 0 Å². The molecule has 0 aliphatic heterocycles. The highest BCUT2D eigenvalue weighted by Crippen LogP contribution is 2.15. The topological polar surface area (TPSA) is 82.8 Å². The number of nitrogen functional groups attached to an aromatic ring is 1. The molecule has 82 valence electrons. The van der Waals surface area contributed by atoms with Crippen LogP contribution in [0.2, 0.25) is 0 Å². The lowest BCUT2D eigenvalue weighted by Crippen LogP contribution is -2.13. The number of rotatable bonds is 2. The second-order valence-electron chi connectivity index (χ2n) is 3.08. The van der Waals surface area contributed by atoms with Crippen LogP contribution in [0.15, 0.2) is 24.3 Å². The molecule has 1 aromatic carbocycles. The van der Waals surface area contributed by atoms with Crippen molar-refractivity contribution in [2.75, 3.05) is 5.73 Å². The Morgan fingerprint density at radius 1 is 1.31 bits per heavy atom. The average Bonchev–Trinajstić information content (AvgIpc) is 2.61. The molecule has 0 saturated carbocycles. The van der Waals surface area contributed by atoms with E-state index < -0.39 is 0 Å². The van der Waals surface area contributed by atoms with Gasteiger partial charge in [0.2, 0.25) is 0 Å². The number of anilines is 1. The van der Waals surface area contributed by atoms with Gasteiger partial charge < -0.3 is 11.5 Å². The molecular weight excluding hydrogens is 229 g/mol. The Kier molecular flexibility index (Phi) is 2.53. The van der Waals surface area contributed by atoms with Gasteiger partial charge in [-0.15, -0.1) is 5.10 Å². The van der Waals surface area contributed by atoms with E-state index in [1.807, 2.05) is 0 Å². The highest BCUT2D eigenvalue weighted by molar-refractivity contribution is 7.80. The van der Waals surface area contributed by atoms with Crippen molar-refractivity contribution in [3.05, 3.63) is 35.8 Å². The van der Waals surface area contributed by atoms with Gasteiger partial charge in [-0.3, -0.25) is 0 Å². The Morgan fingerprint density at radius 2 is 1.94 bits per heavy atom. The largest absolute Gasteiger partial charge is 0.388 e. The lowest BCUT2D eigenvalue weighted by Gasteiger charge is -2.02. The van der Waals surface area contributed by atoms with Gasteiger partial charge in [-0.25, -0.2) is 4.39 Å². The van der Waals surface area contributed by atoms with Gasteiger partial charge in [-0.05, 0) is 24.3 Å². The van der Waals surface area contributed by atoms with E-state index in [0.29, 0.717) is 5.69 Å². The Bertz CT molecular complexity index is 533. The molecule has 0 atom stereocenters. The Hall–Kier alpha value is -2.02. The minimum absolute atomic E-state index is 0.0749. The lowest BCUT2D eigenvalue weighted by atomic mass is 10.3. The Balaban J connectivity index is 2.49. The first kappa shape index (κ1) is 10.5. The second-order valence-corrected chi connectivity index (χ2v) is 3.52. The van der Waals surface area contributed by atoms with Gasteiger partial charge in [-0.2, -0.15) is 4.68 Å². The summed E-state index contributed by atoms with van der Waals surface area (Å²) in [5, 5.41) is 7.53. The Labute approximate surface area is 95.9 Å². The summed E-state index contributed by atoms with van der Waals surface area (Å²) in [6.45, 7) is 0. The van der Waals surface area contributed by atoms with E-state index in [1.54, 1.807) is 0 Å². The molecule has 0 aliphatic rings. The van der Waals surface area contributed by atoms with E-state index in [1.165, 1.54) is 28.9 Å². The summed E-state index contributed by atoms with van der Waals surface area (Å²) in [5.74, 6) is -0.101. The maximum Gasteiger partial charge on any atom is 0.164 e. The van der Waals surface area contributed by atoms with Crippen molar-refractivity contribution in [1.82, 2.24) is 15.0 Å². The smallest absolute Gasteiger partial charge is 0.164 e. The predicted molar refractivity (Wildman–Crippen MR) is 61.6 cm³/mol. The number of nitrogens with two attached hydrogens (primary N) is 2. The van der Waals surface area contributed by atoms with Crippen LogP contribution in [0.25, 0.3) is 5.69 Å². The third-order valence-corrected chi connectivity index (χ3v) is 2.20. The quantitative estimate of drug-likeness (QED) is 0.748. The van der Waals surface area contributed by atoms with Gasteiger partial charge in [0.05, 0.1) is 5.69 Å². The van der Waals surface area contributed by atoms with Gasteiger partial charge in [-0.1, -0.05) is 17.4 Å². The van der Waals surface area contributed by atoms with Crippen molar-refractivity contribution in [3.63, 3.8) is 0 Å². The summed E-state index contributed by atoms with van der Waals surface area (Å²) >= 11 is 4.76. The minimum Gasteiger partial charge on any atom is -0.388 e. The van der Waals surface area contributed by atoms with Crippen LogP contribution in [-0.4, -0.2) is 20.0 Å². The van der Waals surface area contributed by atoms with Gasteiger partial charge in [0.25, 0.3) is 0 Å². The van der Waals surface area contributed by atoms with Gasteiger partial charge >= 0.3 is 0 Å². The monoisotopic (exact) mass is 237 g/mol. The van der Waals surface area contributed by atoms with Crippen LogP contribution >= 0.6 is 12.2 Å². The number of nitrogens with zero attached hydrogens (tertiary/aromatic N) is 3. The number of aromatic nitrogens is 3. The summed E-state index contributed by atoms with van der Waals surface area (Å²) in [6.07, 6.45) is 0. The summed E-state index contributed by atoms with van der Waals surface area (Å²) in [4.78, 5) is 0.0749. The van der Waals surface area contributed by atoms with E-state index in [4.69, 9.17) is 23.7 Å². The maximum absolute atomic E-state index is 12.7. The van der Waals surface area contributed by atoms with E-state index in [-0.39, 0.29) is 22.3 Å². The zero-order chi connectivity index (χ0) is 11.7. The molecule has 0 radical (unpaired) electrons. The molecule has 0 fully saturated rings. The molecular formula is C9H8FN5S. The zero-order valence-corrected chi connectivity index (χ0v) is 8.91. The number of hydrogen-bond acceptors (Lipinski definition) is 4. The normalized spacial score (nSPS) is 10.3. The molecule has 5 nitrogen and oxygen atoms in total. The van der Waals surface area contributed by atoms with Crippen LogP contribution in [0.5, 0.6) is 0 Å². The third-order valence-electron chi connectivity index (χ3n) is 2.01. The van der Waals surface area contributed by atoms with E-state index in [9.17, 15) is 4.39 Å². The molecule has 0 aliphatic carbocycles. The summed E-state index contributed by atoms with van der Waals surface area (Å²) in [6, 6.07) is 5.67. The molecule has 4 N–H and O–H groups in total. The van der Waals surface area contributed by atoms with Crippen LogP contribution in [0.3, 0.4) is 0 Å². The van der Waals surface area contributed by atoms with Crippen LogP contribution in [0.4, 0.5) is 10.2 Å². The summed E-state index contributed by atoms with van der Waals surface area (Å²) < 4.78 is 14.1. The first-order chi connectivity index (χ1) is 7.59. The van der Waals surface area contributed by atoms with Crippen LogP contribution in [-0.2, 0) is 0 Å². The van der Waals surface area contributed by atoms with E-state index in [0.717, 1.165) is 0 Å². The molecule has 16 heavy (non-hydrogen) atoms. The summed E-state index contributed by atoms with van der Waals surface area (Å²) in [5.41, 5.74) is 12.0. The molecule has 0 saturated heterocycles. The van der Waals surface area contributed by atoms with Gasteiger partial charge in [0, 0.05) is 0 Å². The van der Waals surface area contributed by atoms with Crippen molar-refractivity contribution < 1.29 is 4.39 Å². The molecule has 0 bridgehead atoms. The third kappa shape index (κ3) is 1.72. The van der Waals surface area contributed by atoms with Crippen LogP contribution < -0.4 is 11.5 Å². The van der Waals surface area contributed by atoms with Crippen molar-refractivity contribution >= 4 is 23.0 Å². The first-order valence-electron chi connectivity index (χ1n) is 4.36. The molecule has 1 aromatic heterocycles. The van der Waals surface area contributed by atoms with Crippen molar-refractivity contribution in [3.8, 4) is 5.69 Å².